The van der Waals surface area contributed by atoms with Gasteiger partial charge >= 0.3 is 5.97 Å². The fraction of sp³-hybridized carbons (Fsp3) is 0.536. The number of aliphatic hydroxyl groups is 1. The van der Waals surface area contributed by atoms with Crippen LogP contribution < -0.4 is 4.90 Å². The molecule has 0 saturated carbocycles. The molecule has 1 aromatic carbocycles. The summed E-state index contributed by atoms with van der Waals surface area (Å²) in [5.74, 6) is -2.35. The molecule has 7 atom stereocenters. The standard InChI is InChI=1S/C28H35ClN2O5S/c1-6-12-30(23-16(4)10-9-11-19(23)29)26(34)24-28-17(5)14-20(37-28)21(27(35)36-13-7-2)22(28)25(33)31(24)18(8-3)15-32/h6-7,9-11,17-18,20-22,24,32H,1-2,8,12-15H2,3-5H3/t17?,18-,20+,21-,22-,24?,28?/m0/s1. The third-order valence-corrected chi connectivity index (χ3v) is 10.5. The highest BCUT2D eigenvalue weighted by atomic mass is 35.5. The number of aryl methyl sites for hydroxylation is 1. The first-order valence-corrected chi connectivity index (χ1v) is 14.0. The molecule has 1 aromatic rings. The third kappa shape index (κ3) is 4.21. The Bertz CT molecular complexity index is 1090. The Morgan fingerprint density at radius 1 is 1.38 bits per heavy atom. The van der Waals surface area contributed by atoms with Crippen LogP contribution in [0.2, 0.25) is 5.02 Å². The van der Waals surface area contributed by atoms with Crippen molar-refractivity contribution in [3.63, 3.8) is 0 Å². The maximum absolute atomic E-state index is 14.7. The largest absolute Gasteiger partial charge is 0.461 e. The van der Waals surface area contributed by atoms with E-state index in [0.717, 1.165) is 5.56 Å². The average molecular weight is 547 g/mol. The smallest absolute Gasteiger partial charge is 0.311 e. The number of benzene rings is 1. The number of hydrogen-bond acceptors (Lipinski definition) is 6. The van der Waals surface area contributed by atoms with Gasteiger partial charge in [0.2, 0.25) is 5.91 Å². The van der Waals surface area contributed by atoms with Crippen molar-refractivity contribution in [2.24, 2.45) is 17.8 Å². The second kappa shape index (κ2) is 10.8. The molecule has 3 aliphatic heterocycles. The minimum absolute atomic E-state index is 0.00650. The summed E-state index contributed by atoms with van der Waals surface area (Å²) < 4.78 is 4.61. The number of para-hydroxylation sites is 1. The second-order valence-corrected chi connectivity index (χ2v) is 12.1. The number of thioether (sulfide) groups is 1. The number of rotatable bonds is 10. The lowest BCUT2D eigenvalue weighted by molar-refractivity contribution is -0.154. The molecule has 1 N–H and O–H groups in total. The van der Waals surface area contributed by atoms with Gasteiger partial charge < -0.3 is 19.6 Å². The van der Waals surface area contributed by atoms with Crippen molar-refractivity contribution in [3.05, 3.63) is 54.1 Å². The summed E-state index contributed by atoms with van der Waals surface area (Å²) in [5.41, 5.74) is 1.40. The van der Waals surface area contributed by atoms with Crippen LogP contribution in [0.15, 0.2) is 43.5 Å². The topological polar surface area (TPSA) is 87.1 Å². The Hall–Kier alpha value is -2.29. The van der Waals surface area contributed by atoms with E-state index in [9.17, 15) is 19.5 Å². The molecule has 0 radical (unpaired) electrons. The number of nitrogens with zero attached hydrogens (tertiary/aromatic N) is 2. The van der Waals surface area contributed by atoms with Gasteiger partial charge in [-0.05, 0) is 37.3 Å². The van der Waals surface area contributed by atoms with Crippen LogP contribution in [-0.4, -0.2) is 69.6 Å². The van der Waals surface area contributed by atoms with Crippen LogP contribution in [0.25, 0.3) is 0 Å². The average Bonchev–Trinajstić information content (AvgIpc) is 3.46. The van der Waals surface area contributed by atoms with Crippen molar-refractivity contribution in [2.45, 2.75) is 55.7 Å². The Labute approximate surface area is 227 Å². The van der Waals surface area contributed by atoms with E-state index in [1.165, 1.54) is 6.08 Å². The van der Waals surface area contributed by atoms with Crippen LogP contribution in [0.3, 0.4) is 0 Å². The molecule has 37 heavy (non-hydrogen) atoms. The number of ether oxygens (including phenoxy) is 1. The number of amides is 2. The summed E-state index contributed by atoms with van der Waals surface area (Å²) in [6.45, 7) is 13.3. The molecule has 4 rings (SSSR count). The first kappa shape index (κ1) is 27.7. The summed E-state index contributed by atoms with van der Waals surface area (Å²) in [7, 11) is 0. The number of carbonyl (C=O) groups is 3. The molecular formula is C28H35ClN2O5S. The van der Waals surface area contributed by atoms with Gasteiger partial charge in [0.05, 0.1) is 39.9 Å². The van der Waals surface area contributed by atoms with Gasteiger partial charge in [0, 0.05) is 11.8 Å². The minimum atomic E-state index is -0.875. The lowest BCUT2D eigenvalue weighted by atomic mass is 9.66. The van der Waals surface area contributed by atoms with Gasteiger partial charge in [-0.15, -0.1) is 18.3 Å². The molecule has 3 fully saturated rings. The maximum Gasteiger partial charge on any atom is 0.311 e. The maximum atomic E-state index is 14.7. The molecule has 0 aliphatic carbocycles. The normalized spacial score (nSPS) is 30.7. The molecule has 2 amide bonds. The van der Waals surface area contributed by atoms with E-state index in [2.05, 4.69) is 20.1 Å². The van der Waals surface area contributed by atoms with E-state index in [1.54, 1.807) is 33.7 Å². The third-order valence-electron chi connectivity index (χ3n) is 8.14. The van der Waals surface area contributed by atoms with Crippen LogP contribution in [0, 0.1) is 24.7 Å². The molecule has 3 heterocycles. The lowest BCUT2D eigenvalue weighted by Gasteiger charge is -2.42. The summed E-state index contributed by atoms with van der Waals surface area (Å²) in [6, 6.07) is 4.01. The van der Waals surface area contributed by atoms with E-state index < -0.39 is 34.6 Å². The zero-order valence-electron chi connectivity index (χ0n) is 21.6. The molecule has 3 unspecified atom stereocenters. The SMILES string of the molecule is C=CCOC(=O)[C@@H]1[C@H]2C(=O)N([C@@H](CC)CO)C(C(=O)N(CC=C)c3c(C)cccc3Cl)C23S[C@@H]1CC3C. The number of anilines is 1. The van der Waals surface area contributed by atoms with Crippen LogP contribution >= 0.6 is 23.4 Å². The Morgan fingerprint density at radius 3 is 2.70 bits per heavy atom. The molecule has 200 valence electrons. The molecule has 9 heteroatoms. The van der Waals surface area contributed by atoms with Crippen molar-refractivity contribution in [3.8, 4) is 0 Å². The van der Waals surface area contributed by atoms with E-state index >= 15 is 0 Å². The lowest BCUT2D eigenvalue weighted by Crippen LogP contribution is -2.59. The number of aliphatic hydroxyl groups excluding tert-OH is 1. The van der Waals surface area contributed by atoms with Crippen molar-refractivity contribution < 1.29 is 24.2 Å². The van der Waals surface area contributed by atoms with E-state index in [1.807, 2.05) is 26.0 Å². The molecule has 1 spiro atoms. The molecule has 7 nitrogen and oxygen atoms in total. The van der Waals surface area contributed by atoms with Crippen LogP contribution in [0.4, 0.5) is 5.69 Å². The monoisotopic (exact) mass is 546 g/mol. The molecule has 0 aromatic heterocycles. The van der Waals surface area contributed by atoms with Gasteiger partial charge in [0.15, 0.2) is 0 Å². The number of hydrogen-bond donors (Lipinski definition) is 1. The first-order valence-electron chi connectivity index (χ1n) is 12.7. The van der Waals surface area contributed by atoms with Gasteiger partial charge in [0.25, 0.3) is 5.91 Å². The number of carbonyl (C=O) groups excluding carboxylic acids is 3. The molecule has 3 saturated heterocycles. The Kier molecular flexibility index (Phi) is 8.12. The van der Waals surface area contributed by atoms with E-state index in [0.29, 0.717) is 23.6 Å². The van der Waals surface area contributed by atoms with Crippen LogP contribution in [-0.2, 0) is 19.1 Å². The second-order valence-electron chi connectivity index (χ2n) is 10.1. The van der Waals surface area contributed by atoms with Crippen LogP contribution in [0.5, 0.6) is 0 Å². The van der Waals surface area contributed by atoms with E-state index in [4.69, 9.17) is 16.3 Å². The van der Waals surface area contributed by atoms with Crippen molar-refractivity contribution in [1.29, 1.82) is 0 Å². The summed E-state index contributed by atoms with van der Waals surface area (Å²) in [4.78, 5) is 45.2. The highest BCUT2D eigenvalue weighted by molar-refractivity contribution is 8.02. The zero-order valence-corrected chi connectivity index (χ0v) is 23.1. The number of halogens is 1. The molecular weight excluding hydrogens is 512 g/mol. The number of esters is 1. The van der Waals surface area contributed by atoms with Crippen molar-refractivity contribution in [2.75, 3.05) is 24.7 Å². The summed E-state index contributed by atoms with van der Waals surface area (Å²) in [5, 5.41) is 10.6. The Morgan fingerprint density at radius 2 is 2.11 bits per heavy atom. The summed E-state index contributed by atoms with van der Waals surface area (Å²) in [6.07, 6.45) is 4.31. The fourth-order valence-electron chi connectivity index (χ4n) is 6.58. The van der Waals surface area contributed by atoms with Crippen LogP contribution in [0.1, 0.15) is 32.3 Å². The molecule has 2 bridgehead atoms. The van der Waals surface area contributed by atoms with E-state index in [-0.39, 0.29) is 42.7 Å². The fourth-order valence-corrected chi connectivity index (χ4v) is 9.30. The van der Waals surface area contributed by atoms with Gasteiger partial charge in [-0.3, -0.25) is 14.4 Å². The van der Waals surface area contributed by atoms with Gasteiger partial charge in [-0.1, -0.05) is 56.3 Å². The minimum Gasteiger partial charge on any atom is -0.461 e. The number of likely N-dealkylation sites (tertiary alicyclic amines) is 1. The van der Waals surface area contributed by atoms with Crippen molar-refractivity contribution >= 4 is 46.8 Å². The highest BCUT2D eigenvalue weighted by Crippen LogP contribution is 2.69. The van der Waals surface area contributed by atoms with Crippen molar-refractivity contribution in [1.82, 2.24) is 4.90 Å². The molecule has 3 aliphatic rings. The Balaban J connectivity index is 1.87. The number of fused-ring (bicyclic) bond motifs is 1. The van der Waals surface area contributed by atoms with Gasteiger partial charge in [-0.25, -0.2) is 0 Å². The predicted molar refractivity (Wildman–Crippen MR) is 147 cm³/mol. The summed E-state index contributed by atoms with van der Waals surface area (Å²) >= 11 is 8.17. The zero-order chi connectivity index (χ0) is 27.1. The first-order chi connectivity index (χ1) is 17.7. The van der Waals surface area contributed by atoms with Gasteiger partial charge in [-0.2, -0.15) is 0 Å². The quantitative estimate of drug-likeness (QED) is 0.352. The van der Waals surface area contributed by atoms with Gasteiger partial charge in [0.1, 0.15) is 12.6 Å². The predicted octanol–water partition coefficient (Wildman–Crippen LogP) is 4.00. The highest BCUT2D eigenvalue weighted by Gasteiger charge is 2.77.